The van der Waals surface area contributed by atoms with E-state index in [9.17, 15) is 15.0 Å². The number of carbonyl (C=O) groups excluding carboxylic acids is 1. The minimum Gasteiger partial charge on any atom is -0.505 e. The molecule has 0 radical (unpaired) electrons. The molecule has 5 aromatic carbocycles. The van der Waals surface area contributed by atoms with E-state index in [1.807, 2.05) is 60.7 Å². The van der Waals surface area contributed by atoms with Gasteiger partial charge >= 0.3 is 0 Å². The largest absolute Gasteiger partial charge is 0.505 e. The number of para-hydroxylation sites is 1. The van der Waals surface area contributed by atoms with E-state index in [0.29, 0.717) is 32.4 Å². The third-order valence-electron chi connectivity index (χ3n) is 9.33. The number of aliphatic hydroxyl groups excluding tert-OH is 1. The van der Waals surface area contributed by atoms with Gasteiger partial charge < -0.3 is 10.2 Å². The first-order valence-electron chi connectivity index (χ1n) is 15.2. The Bertz CT molecular complexity index is 2110. The van der Waals surface area contributed by atoms with Gasteiger partial charge in [-0.1, -0.05) is 129 Å². The fraction of sp³-hybridized carbons (Fsp3) is 0.184. The van der Waals surface area contributed by atoms with Gasteiger partial charge in [-0.15, -0.1) is 15.0 Å². The summed E-state index contributed by atoms with van der Waals surface area (Å²) in [7, 11) is 0. The molecule has 1 aromatic heterocycles. The second-order valence-electron chi connectivity index (χ2n) is 12.8. The van der Waals surface area contributed by atoms with Crippen molar-refractivity contribution in [1.29, 1.82) is 0 Å². The summed E-state index contributed by atoms with van der Waals surface area (Å²) >= 11 is 3.58. The Hall–Kier alpha value is -4.79. The maximum atomic E-state index is 13.9. The Labute approximate surface area is 275 Å². The number of hydrogen-bond acceptors (Lipinski definition) is 5. The predicted octanol–water partition coefficient (Wildman–Crippen LogP) is 8.19. The van der Waals surface area contributed by atoms with Gasteiger partial charge in [0, 0.05) is 32.1 Å². The van der Waals surface area contributed by atoms with Crippen LogP contribution in [0.25, 0.3) is 16.7 Å². The van der Waals surface area contributed by atoms with Gasteiger partial charge in [-0.2, -0.15) is 0 Å². The number of fused-ring (bicyclic) bond motifs is 3. The van der Waals surface area contributed by atoms with Crippen LogP contribution >= 0.6 is 15.9 Å². The maximum Gasteiger partial charge on any atom is 0.263 e. The number of aromatic hydroxyl groups is 1. The van der Waals surface area contributed by atoms with E-state index in [4.69, 9.17) is 10.2 Å². The summed E-state index contributed by atoms with van der Waals surface area (Å²) in [4.78, 5) is 16.7. The molecule has 0 saturated carbocycles. The molecule has 7 nitrogen and oxygen atoms in total. The number of hydrogen-bond donors (Lipinski definition) is 2. The van der Waals surface area contributed by atoms with Crippen molar-refractivity contribution in [2.24, 2.45) is 0 Å². The molecule has 0 spiro atoms. The van der Waals surface area contributed by atoms with Gasteiger partial charge in [-0.3, -0.25) is 9.69 Å². The van der Waals surface area contributed by atoms with Crippen molar-refractivity contribution in [2.45, 2.75) is 44.8 Å². The zero-order valence-electron chi connectivity index (χ0n) is 25.9. The summed E-state index contributed by atoms with van der Waals surface area (Å²) in [6.45, 7) is 8.51. The Morgan fingerprint density at radius 2 is 1.30 bits per heavy atom. The summed E-state index contributed by atoms with van der Waals surface area (Å²) < 4.78 is 0.551. The van der Waals surface area contributed by atoms with Crippen LogP contribution in [0.15, 0.2) is 114 Å². The average molecular weight is 674 g/mol. The molecule has 2 N–H and O–H groups in total. The lowest BCUT2D eigenvalue weighted by Crippen LogP contribution is -2.27. The first-order valence-corrected chi connectivity index (χ1v) is 15.9. The number of anilines is 1. The van der Waals surface area contributed by atoms with Crippen molar-refractivity contribution in [3.05, 3.63) is 147 Å². The second kappa shape index (κ2) is 10.9. The quantitative estimate of drug-likeness (QED) is 0.186. The molecular formula is C38H33BrN4O3. The molecule has 1 aliphatic rings. The van der Waals surface area contributed by atoms with Crippen LogP contribution in [0.3, 0.4) is 0 Å². The van der Waals surface area contributed by atoms with E-state index in [1.165, 1.54) is 9.70 Å². The number of benzene rings is 5. The highest BCUT2D eigenvalue weighted by molar-refractivity contribution is 9.10. The third kappa shape index (κ3) is 4.63. The number of amides is 1. The predicted molar refractivity (Wildman–Crippen MR) is 184 cm³/mol. The van der Waals surface area contributed by atoms with Crippen molar-refractivity contribution < 1.29 is 15.0 Å². The van der Waals surface area contributed by atoms with Crippen molar-refractivity contribution in [2.75, 3.05) is 4.90 Å². The Kier molecular flexibility index (Phi) is 7.10. The monoisotopic (exact) mass is 672 g/mol. The van der Waals surface area contributed by atoms with Gasteiger partial charge in [0.1, 0.15) is 22.5 Å². The highest BCUT2D eigenvalue weighted by Crippen LogP contribution is 2.46. The van der Waals surface area contributed by atoms with Crippen LogP contribution in [0.4, 0.5) is 5.69 Å². The normalized spacial score (nSPS) is 15.0. The van der Waals surface area contributed by atoms with E-state index < -0.39 is 17.1 Å². The molecule has 8 heteroatoms. The van der Waals surface area contributed by atoms with Crippen molar-refractivity contribution >= 4 is 38.6 Å². The number of aromatic nitrogens is 3. The first-order chi connectivity index (χ1) is 22.0. The minimum atomic E-state index is -1.20. The van der Waals surface area contributed by atoms with Crippen molar-refractivity contribution in [1.82, 2.24) is 15.0 Å². The lowest BCUT2D eigenvalue weighted by atomic mass is 9.72. The molecule has 6 aromatic rings. The molecule has 230 valence electrons. The third-order valence-corrected chi connectivity index (χ3v) is 9.98. The van der Waals surface area contributed by atoms with E-state index in [1.54, 1.807) is 18.2 Å². The molecule has 2 heterocycles. The van der Waals surface area contributed by atoms with Gasteiger partial charge in [-0.05, 0) is 41.0 Å². The lowest BCUT2D eigenvalue weighted by molar-refractivity contribution is 0.0936. The highest BCUT2D eigenvalue weighted by Gasteiger charge is 2.41. The van der Waals surface area contributed by atoms with Crippen LogP contribution in [0, 0.1) is 0 Å². The zero-order chi connectivity index (χ0) is 32.4. The minimum absolute atomic E-state index is 0.0507. The van der Waals surface area contributed by atoms with E-state index >= 15 is 0 Å². The van der Waals surface area contributed by atoms with E-state index in [2.05, 4.69) is 74.0 Å². The zero-order valence-corrected chi connectivity index (χ0v) is 27.5. The topological polar surface area (TPSA) is 91.5 Å². The first kappa shape index (κ1) is 29.9. The second-order valence-corrected chi connectivity index (χ2v) is 13.6. The number of phenolic OH excluding ortho intramolecular Hbond substituents is 1. The van der Waals surface area contributed by atoms with Crippen LogP contribution in [0.2, 0.25) is 0 Å². The number of aliphatic hydroxyl groups is 1. The molecule has 0 aliphatic carbocycles. The summed E-state index contributed by atoms with van der Waals surface area (Å²) in [5.74, 6) is -0.323. The summed E-state index contributed by atoms with van der Waals surface area (Å²) in [5, 5.41) is 33.0. The van der Waals surface area contributed by atoms with Gasteiger partial charge in [0.15, 0.2) is 6.23 Å². The standard InChI is InChI=1S/C38H33BrN4O3/c1-37(2,23-14-8-5-9-15-23)25-20-27(38(3,4)24-16-10-6-11-17-24)34(44)30(21-25)43-40-29-22-28(39)31-32(33(29)41-43)36(46)42(35(31)45)26-18-12-7-13-19-26/h5-22,35,44-45H,1-4H3. The number of halogens is 1. The summed E-state index contributed by atoms with van der Waals surface area (Å²) in [5.41, 5.74) is 5.34. The van der Waals surface area contributed by atoms with Crippen LogP contribution in [-0.4, -0.2) is 31.1 Å². The molecule has 7 rings (SSSR count). The van der Waals surface area contributed by atoms with Crippen LogP contribution in [-0.2, 0) is 10.8 Å². The number of nitrogens with zero attached hydrogens (tertiary/aromatic N) is 4. The summed E-state index contributed by atoms with van der Waals surface area (Å²) in [6.07, 6.45) is -1.20. The highest BCUT2D eigenvalue weighted by atomic mass is 79.9. The van der Waals surface area contributed by atoms with Crippen LogP contribution in [0.1, 0.15) is 72.1 Å². The van der Waals surface area contributed by atoms with Crippen molar-refractivity contribution in [3.63, 3.8) is 0 Å². The van der Waals surface area contributed by atoms with Crippen LogP contribution < -0.4 is 4.90 Å². The fourth-order valence-electron chi connectivity index (χ4n) is 6.46. The Morgan fingerprint density at radius 1 is 0.739 bits per heavy atom. The lowest BCUT2D eigenvalue weighted by Gasteiger charge is -2.32. The molecule has 0 fully saturated rings. The van der Waals surface area contributed by atoms with Gasteiger partial charge in [-0.25, -0.2) is 0 Å². The van der Waals surface area contributed by atoms with E-state index in [-0.39, 0.29) is 17.2 Å². The molecular weight excluding hydrogens is 640 g/mol. The molecule has 1 aliphatic heterocycles. The SMILES string of the molecule is CC(C)(c1ccccc1)c1cc(-n2nc3cc(Br)c4c(c3n2)C(=O)N(c2ccccc2)C4O)c(O)c(C(C)(C)c2ccccc2)c1. The molecule has 0 saturated heterocycles. The Balaban J connectivity index is 1.45. The average Bonchev–Trinajstić information content (AvgIpc) is 3.60. The number of carbonyl (C=O) groups is 1. The van der Waals surface area contributed by atoms with Crippen molar-refractivity contribution in [3.8, 4) is 11.4 Å². The molecule has 1 atom stereocenters. The molecule has 0 bridgehead atoms. The summed E-state index contributed by atoms with van der Waals surface area (Å²) in [6, 6.07) is 35.2. The smallest absolute Gasteiger partial charge is 0.263 e. The van der Waals surface area contributed by atoms with Gasteiger partial charge in [0.2, 0.25) is 0 Å². The Morgan fingerprint density at radius 3 is 1.91 bits per heavy atom. The fourth-order valence-corrected chi connectivity index (χ4v) is 7.08. The number of rotatable bonds is 6. The van der Waals surface area contributed by atoms with Gasteiger partial charge in [0.05, 0.1) is 5.56 Å². The number of phenols is 1. The molecule has 1 unspecified atom stereocenters. The maximum absolute atomic E-state index is 13.9. The molecule has 1 amide bonds. The molecule has 46 heavy (non-hydrogen) atoms. The van der Waals surface area contributed by atoms with Gasteiger partial charge in [0.25, 0.3) is 5.91 Å². The van der Waals surface area contributed by atoms with Crippen LogP contribution in [0.5, 0.6) is 5.75 Å². The van der Waals surface area contributed by atoms with E-state index in [0.717, 1.165) is 22.3 Å².